The summed E-state index contributed by atoms with van der Waals surface area (Å²) in [5, 5.41) is 13.8. The molecule has 21 heavy (non-hydrogen) atoms. The van der Waals surface area contributed by atoms with Crippen molar-refractivity contribution in [2.24, 2.45) is 0 Å². The van der Waals surface area contributed by atoms with Gasteiger partial charge >= 0.3 is 0 Å². The molecule has 0 saturated heterocycles. The van der Waals surface area contributed by atoms with Crippen LogP contribution in [0.3, 0.4) is 0 Å². The van der Waals surface area contributed by atoms with Crippen molar-refractivity contribution in [1.82, 2.24) is 15.5 Å². The Hall–Kier alpha value is -2.66. The number of H-pyrrole nitrogens is 1. The van der Waals surface area contributed by atoms with Crippen molar-refractivity contribution in [3.63, 3.8) is 0 Å². The molecule has 1 amide bonds. The fraction of sp³-hybridized carbons (Fsp3) is 0.125. The molecule has 5 heteroatoms. The van der Waals surface area contributed by atoms with E-state index in [9.17, 15) is 4.79 Å². The molecule has 0 aliphatic rings. The summed E-state index contributed by atoms with van der Waals surface area (Å²) in [6.45, 7) is 0.768. The maximum Gasteiger partial charge on any atom is 0.255 e. The van der Waals surface area contributed by atoms with Crippen molar-refractivity contribution in [3.8, 4) is 0 Å². The summed E-state index contributed by atoms with van der Waals surface area (Å²) in [7, 11) is 1.89. The van der Waals surface area contributed by atoms with E-state index in [1.54, 1.807) is 18.3 Å². The number of aromatic nitrogens is 2. The standard InChI is InChI=1S/C16H16N4O/c1-17-9-11-3-2-4-14(7-11)19-16(21)12-5-6-13-10-18-20-15(13)8-12/h2-8,10,17H,9H2,1H3,(H,18,20)(H,19,21). The van der Waals surface area contributed by atoms with E-state index in [2.05, 4.69) is 20.8 Å². The van der Waals surface area contributed by atoms with Crippen molar-refractivity contribution in [1.29, 1.82) is 0 Å². The molecule has 0 spiro atoms. The second-order valence-corrected chi connectivity index (χ2v) is 4.86. The Balaban J connectivity index is 1.80. The molecule has 0 bridgehead atoms. The number of aromatic amines is 1. The summed E-state index contributed by atoms with van der Waals surface area (Å²) >= 11 is 0. The first-order valence-corrected chi connectivity index (χ1v) is 6.74. The van der Waals surface area contributed by atoms with E-state index in [1.807, 2.05) is 37.4 Å². The fourth-order valence-electron chi connectivity index (χ4n) is 2.24. The summed E-state index contributed by atoms with van der Waals surface area (Å²) in [5.74, 6) is -0.131. The number of benzene rings is 2. The van der Waals surface area contributed by atoms with Crippen molar-refractivity contribution in [2.75, 3.05) is 12.4 Å². The van der Waals surface area contributed by atoms with Gasteiger partial charge < -0.3 is 10.6 Å². The summed E-state index contributed by atoms with van der Waals surface area (Å²) in [5.41, 5.74) is 3.37. The molecule has 0 atom stereocenters. The van der Waals surface area contributed by atoms with Gasteiger partial charge in [-0.25, -0.2) is 0 Å². The van der Waals surface area contributed by atoms with Gasteiger partial charge in [-0.3, -0.25) is 9.89 Å². The van der Waals surface area contributed by atoms with Crippen LogP contribution in [0, 0.1) is 0 Å². The third-order valence-corrected chi connectivity index (χ3v) is 3.27. The van der Waals surface area contributed by atoms with Crippen LogP contribution in [-0.4, -0.2) is 23.2 Å². The Morgan fingerprint density at radius 3 is 3.00 bits per heavy atom. The molecule has 0 unspecified atom stereocenters. The molecule has 106 valence electrons. The number of nitrogens with zero attached hydrogens (tertiary/aromatic N) is 1. The van der Waals surface area contributed by atoms with Gasteiger partial charge in [0.25, 0.3) is 5.91 Å². The lowest BCUT2D eigenvalue weighted by Gasteiger charge is -2.07. The summed E-state index contributed by atoms with van der Waals surface area (Å²) in [6.07, 6.45) is 1.73. The van der Waals surface area contributed by atoms with Crippen LogP contribution in [0.25, 0.3) is 10.9 Å². The minimum atomic E-state index is -0.131. The first-order valence-electron chi connectivity index (χ1n) is 6.74. The summed E-state index contributed by atoms with van der Waals surface area (Å²) in [4.78, 5) is 12.3. The van der Waals surface area contributed by atoms with Gasteiger partial charge in [0.15, 0.2) is 0 Å². The van der Waals surface area contributed by atoms with Crippen LogP contribution in [0.15, 0.2) is 48.7 Å². The minimum absolute atomic E-state index is 0.131. The van der Waals surface area contributed by atoms with Gasteiger partial charge in [-0.05, 0) is 36.9 Å². The maximum absolute atomic E-state index is 12.3. The van der Waals surface area contributed by atoms with Crippen molar-refractivity contribution in [3.05, 3.63) is 59.8 Å². The summed E-state index contributed by atoms with van der Waals surface area (Å²) < 4.78 is 0. The number of carbonyl (C=O) groups excluding carboxylic acids is 1. The van der Waals surface area contributed by atoms with Gasteiger partial charge in [0.1, 0.15) is 0 Å². The van der Waals surface area contributed by atoms with E-state index in [-0.39, 0.29) is 5.91 Å². The zero-order valence-electron chi connectivity index (χ0n) is 11.7. The highest BCUT2D eigenvalue weighted by Gasteiger charge is 2.08. The van der Waals surface area contributed by atoms with Crippen LogP contribution in [0.4, 0.5) is 5.69 Å². The Morgan fingerprint density at radius 1 is 1.24 bits per heavy atom. The number of amides is 1. The summed E-state index contributed by atoms with van der Waals surface area (Å²) in [6, 6.07) is 13.3. The van der Waals surface area contributed by atoms with E-state index in [0.717, 1.165) is 28.7 Å². The van der Waals surface area contributed by atoms with Gasteiger partial charge in [0, 0.05) is 23.2 Å². The quantitative estimate of drug-likeness (QED) is 0.688. The second-order valence-electron chi connectivity index (χ2n) is 4.86. The predicted octanol–water partition coefficient (Wildman–Crippen LogP) is 2.53. The minimum Gasteiger partial charge on any atom is -0.322 e. The molecule has 3 N–H and O–H groups in total. The third-order valence-electron chi connectivity index (χ3n) is 3.27. The molecule has 0 fully saturated rings. The first-order chi connectivity index (χ1) is 10.3. The largest absolute Gasteiger partial charge is 0.322 e. The third kappa shape index (κ3) is 2.93. The van der Waals surface area contributed by atoms with E-state index in [4.69, 9.17) is 0 Å². The Kier molecular flexibility index (Phi) is 3.66. The van der Waals surface area contributed by atoms with Crippen LogP contribution in [-0.2, 0) is 6.54 Å². The van der Waals surface area contributed by atoms with Gasteiger partial charge in [0.2, 0.25) is 0 Å². The molecular weight excluding hydrogens is 264 g/mol. The molecule has 0 aliphatic heterocycles. The van der Waals surface area contributed by atoms with E-state index < -0.39 is 0 Å². The maximum atomic E-state index is 12.3. The van der Waals surface area contributed by atoms with Crippen molar-refractivity contribution < 1.29 is 4.79 Å². The number of hydrogen-bond acceptors (Lipinski definition) is 3. The van der Waals surface area contributed by atoms with Crippen molar-refractivity contribution in [2.45, 2.75) is 6.54 Å². The van der Waals surface area contributed by atoms with Crippen LogP contribution in [0.1, 0.15) is 15.9 Å². The average Bonchev–Trinajstić information content (AvgIpc) is 2.95. The molecule has 3 rings (SSSR count). The zero-order valence-corrected chi connectivity index (χ0v) is 11.7. The smallest absolute Gasteiger partial charge is 0.255 e. The molecular formula is C16H16N4O. The van der Waals surface area contributed by atoms with Crippen LogP contribution < -0.4 is 10.6 Å². The lowest BCUT2D eigenvalue weighted by atomic mass is 10.1. The van der Waals surface area contributed by atoms with Crippen molar-refractivity contribution >= 4 is 22.5 Å². The average molecular weight is 280 g/mol. The molecule has 5 nitrogen and oxygen atoms in total. The van der Waals surface area contributed by atoms with Gasteiger partial charge in [-0.15, -0.1) is 0 Å². The van der Waals surface area contributed by atoms with Crippen LogP contribution >= 0.6 is 0 Å². The molecule has 3 aromatic rings. The highest BCUT2D eigenvalue weighted by Crippen LogP contribution is 2.16. The number of rotatable bonds is 4. The Bertz CT molecular complexity index is 779. The van der Waals surface area contributed by atoms with Gasteiger partial charge in [-0.1, -0.05) is 18.2 Å². The van der Waals surface area contributed by atoms with E-state index >= 15 is 0 Å². The Labute approximate surface area is 122 Å². The molecule has 2 aromatic carbocycles. The fourth-order valence-corrected chi connectivity index (χ4v) is 2.24. The lowest BCUT2D eigenvalue weighted by molar-refractivity contribution is 0.102. The van der Waals surface area contributed by atoms with E-state index in [1.165, 1.54) is 0 Å². The second kappa shape index (κ2) is 5.76. The number of nitrogens with one attached hydrogen (secondary N) is 3. The number of hydrogen-bond donors (Lipinski definition) is 3. The highest BCUT2D eigenvalue weighted by atomic mass is 16.1. The van der Waals surface area contributed by atoms with Gasteiger partial charge in [-0.2, -0.15) is 5.10 Å². The monoisotopic (exact) mass is 280 g/mol. The SMILES string of the molecule is CNCc1cccc(NC(=O)c2ccc3cn[nH]c3c2)c1. The van der Waals surface area contributed by atoms with Crippen LogP contribution in [0.2, 0.25) is 0 Å². The van der Waals surface area contributed by atoms with Crippen LogP contribution in [0.5, 0.6) is 0 Å². The first kappa shape index (κ1) is 13.3. The highest BCUT2D eigenvalue weighted by molar-refractivity contribution is 6.06. The van der Waals surface area contributed by atoms with E-state index in [0.29, 0.717) is 5.56 Å². The molecule has 0 saturated carbocycles. The number of anilines is 1. The topological polar surface area (TPSA) is 69.8 Å². The lowest BCUT2D eigenvalue weighted by Crippen LogP contribution is -2.12. The molecule has 0 radical (unpaired) electrons. The molecule has 1 heterocycles. The zero-order chi connectivity index (χ0) is 14.7. The molecule has 0 aliphatic carbocycles. The predicted molar refractivity (Wildman–Crippen MR) is 83.3 cm³/mol. The van der Waals surface area contributed by atoms with Gasteiger partial charge in [0.05, 0.1) is 11.7 Å². The normalized spacial score (nSPS) is 10.7. The number of fused-ring (bicyclic) bond motifs is 1. The Morgan fingerprint density at radius 2 is 2.14 bits per heavy atom. The number of carbonyl (C=O) groups is 1. The molecule has 1 aromatic heterocycles.